The van der Waals surface area contributed by atoms with Crippen LogP contribution in [0.5, 0.6) is 0 Å². The lowest BCUT2D eigenvalue weighted by molar-refractivity contribution is -0.121. The Hall–Kier alpha value is -0.960. The Bertz CT molecular complexity index is 655. The van der Waals surface area contributed by atoms with E-state index in [1.54, 1.807) is 12.1 Å². The van der Waals surface area contributed by atoms with Crippen LogP contribution in [0.25, 0.3) is 0 Å². The van der Waals surface area contributed by atoms with Crippen molar-refractivity contribution >= 4 is 31.9 Å². The molecule has 0 saturated carbocycles. The molecule has 6 nitrogen and oxygen atoms in total. The summed E-state index contributed by atoms with van der Waals surface area (Å²) in [6.07, 6.45) is 0.108. The summed E-state index contributed by atoms with van der Waals surface area (Å²) in [6, 6.07) is 7.27. The molecule has 0 aromatic heterocycles. The molecule has 1 amide bonds. The molecule has 0 atom stereocenters. The average Bonchev–Trinajstić information content (AvgIpc) is 2.50. The molecule has 0 saturated heterocycles. The second-order valence-corrected chi connectivity index (χ2v) is 9.06. The number of amides is 1. The van der Waals surface area contributed by atoms with Crippen molar-refractivity contribution in [2.45, 2.75) is 51.1 Å². The minimum absolute atomic E-state index is 0.0682. The minimum atomic E-state index is -3.60. The Morgan fingerprint density at radius 1 is 1.16 bits per heavy atom. The van der Waals surface area contributed by atoms with E-state index in [4.69, 9.17) is 0 Å². The summed E-state index contributed by atoms with van der Waals surface area (Å²) < 4.78 is 27.4. The first-order valence-electron chi connectivity index (χ1n) is 8.41. The van der Waals surface area contributed by atoms with Crippen LogP contribution in [0.1, 0.15) is 34.1 Å². The summed E-state index contributed by atoms with van der Waals surface area (Å²) in [6.45, 7) is 9.88. The first-order valence-corrected chi connectivity index (χ1v) is 10.7. The molecule has 0 aliphatic carbocycles. The number of carbonyl (C=O) groups is 1. The first kappa shape index (κ1) is 22.1. The van der Waals surface area contributed by atoms with Gasteiger partial charge in [-0.1, -0.05) is 22.0 Å². The van der Waals surface area contributed by atoms with Gasteiger partial charge in [0.25, 0.3) is 0 Å². The molecule has 1 aromatic rings. The van der Waals surface area contributed by atoms with Gasteiger partial charge in [-0.25, -0.2) is 13.1 Å². The molecule has 0 bridgehead atoms. The van der Waals surface area contributed by atoms with E-state index in [9.17, 15) is 13.2 Å². The van der Waals surface area contributed by atoms with Gasteiger partial charge in [-0.2, -0.15) is 0 Å². The quantitative estimate of drug-likeness (QED) is 0.593. The molecule has 0 radical (unpaired) electrons. The number of halogens is 1. The van der Waals surface area contributed by atoms with E-state index in [1.165, 1.54) is 12.1 Å². The normalized spacial score (nSPS) is 12.2. The van der Waals surface area contributed by atoms with E-state index >= 15 is 0 Å². The van der Waals surface area contributed by atoms with Crippen molar-refractivity contribution in [2.24, 2.45) is 0 Å². The van der Waals surface area contributed by atoms with E-state index in [-0.39, 0.29) is 23.8 Å². The molecule has 0 aliphatic rings. The average molecular weight is 434 g/mol. The third-order valence-corrected chi connectivity index (χ3v) is 5.72. The number of benzene rings is 1. The second-order valence-electron chi connectivity index (χ2n) is 6.38. The van der Waals surface area contributed by atoms with E-state index in [1.807, 2.05) is 0 Å². The molecular weight excluding hydrogens is 406 g/mol. The highest BCUT2D eigenvalue weighted by Crippen LogP contribution is 2.15. The highest BCUT2D eigenvalue weighted by Gasteiger charge is 2.15. The summed E-state index contributed by atoms with van der Waals surface area (Å²) in [5.74, 6) is -0.163. The Kier molecular flexibility index (Phi) is 9.06. The Morgan fingerprint density at radius 3 is 2.36 bits per heavy atom. The second kappa shape index (κ2) is 10.3. The van der Waals surface area contributed by atoms with Crippen LogP contribution < -0.4 is 10.0 Å². The van der Waals surface area contributed by atoms with Gasteiger partial charge < -0.3 is 5.32 Å². The highest BCUT2D eigenvalue weighted by molar-refractivity contribution is 9.10. The van der Waals surface area contributed by atoms with E-state index in [0.29, 0.717) is 23.1 Å². The standard InChI is InChI=1S/C17H28BrN3O3S/c1-13(2)21(14(3)4)11-10-19-17(22)8-9-20-25(23,24)16-7-5-6-15(18)12-16/h5-7,12-14,20H,8-11H2,1-4H3,(H,19,22). The van der Waals surface area contributed by atoms with Gasteiger partial charge in [0.15, 0.2) is 0 Å². The molecule has 0 aliphatic heterocycles. The van der Waals surface area contributed by atoms with Gasteiger partial charge in [-0.05, 0) is 45.9 Å². The van der Waals surface area contributed by atoms with Crippen molar-refractivity contribution in [3.05, 3.63) is 28.7 Å². The van der Waals surface area contributed by atoms with Gasteiger partial charge in [-0.15, -0.1) is 0 Å². The van der Waals surface area contributed by atoms with Crippen molar-refractivity contribution in [1.29, 1.82) is 0 Å². The molecule has 1 aromatic carbocycles. The van der Waals surface area contributed by atoms with E-state index in [0.717, 1.165) is 6.54 Å². The SMILES string of the molecule is CC(C)N(CCNC(=O)CCNS(=O)(=O)c1cccc(Br)c1)C(C)C. The minimum Gasteiger partial charge on any atom is -0.355 e. The zero-order chi connectivity index (χ0) is 19.0. The van der Waals surface area contributed by atoms with Crippen LogP contribution in [0.15, 0.2) is 33.6 Å². The Morgan fingerprint density at radius 2 is 1.80 bits per heavy atom. The molecule has 1 rings (SSSR count). The van der Waals surface area contributed by atoms with Gasteiger partial charge >= 0.3 is 0 Å². The predicted octanol–water partition coefficient (Wildman–Crippen LogP) is 2.35. The van der Waals surface area contributed by atoms with Crippen LogP contribution >= 0.6 is 15.9 Å². The molecule has 8 heteroatoms. The highest BCUT2D eigenvalue weighted by atomic mass is 79.9. The number of sulfonamides is 1. The number of carbonyl (C=O) groups excluding carboxylic acids is 1. The fourth-order valence-corrected chi connectivity index (χ4v) is 4.17. The zero-order valence-electron chi connectivity index (χ0n) is 15.3. The zero-order valence-corrected chi connectivity index (χ0v) is 17.7. The predicted molar refractivity (Wildman–Crippen MR) is 104 cm³/mol. The number of hydrogen-bond acceptors (Lipinski definition) is 4. The summed E-state index contributed by atoms with van der Waals surface area (Å²) in [4.78, 5) is 14.3. The largest absolute Gasteiger partial charge is 0.355 e. The van der Waals surface area contributed by atoms with Crippen LogP contribution in [0.2, 0.25) is 0 Å². The molecule has 0 heterocycles. The van der Waals surface area contributed by atoms with Crippen LogP contribution in [0.4, 0.5) is 0 Å². The third kappa shape index (κ3) is 7.85. The number of rotatable bonds is 10. The van der Waals surface area contributed by atoms with Crippen molar-refractivity contribution < 1.29 is 13.2 Å². The lowest BCUT2D eigenvalue weighted by Crippen LogP contribution is -2.42. The molecule has 0 spiro atoms. The van der Waals surface area contributed by atoms with Crippen LogP contribution in [-0.4, -0.2) is 50.9 Å². The Labute approximate surface area is 159 Å². The first-order chi connectivity index (χ1) is 11.6. The van der Waals surface area contributed by atoms with Crippen LogP contribution in [0.3, 0.4) is 0 Å². The van der Waals surface area contributed by atoms with Crippen molar-refractivity contribution in [3.63, 3.8) is 0 Å². The van der Waals surface area contributed by atoms with Gasteiger partial charge in [0.2, 0.25) is 15.9 Å². The molecule has 2 N–H and O–H groups in total. The molecule has 25 heavy (non-hydrogen) atoms. The molecule has 0 fully saturated rings. The van der Waals surface area contributed by atoms with Crippen LogP contribution in [-0.2, 0) is 14.8 Å². The molecule has 142 valence electrons. The van der Waals surface area contributed by atoms with Gasteiger partial charge in [-0.3, -0.25) is 9.69 Å². The van der Waals surface area contributed by atoms with Gasteiger partial charge in [0.05, 0.1) is 4.90 Å². The van der Waals surface area contributed by atoms with E-state index in [2.05, 4.69) is 58.6 Å². The number of nitrogens with one attached hydrogen (secondary N) is 2. The smallest absolute Gasteiger partial charge is 0.240 e. The third-order valence-electron chi connectivity index (χ3n) is 3.77. The lowest BCUT2D eigenvalue weighted by atomic mass is 10.2. The van der Waals surface area contributed by atoms with E-state index < -0.39 is 10.0 Å². The maximum absolute atomic E-state index is 12.1. The lowest BCUT2D eigenvalue weighted by Gasteiger charge is -2.30. The summed E-state index contributed by atoms with van der Waals surface area (Å²) in [7, 11) is -3.60. The summed E-state index contributed by atoms with van der Waals surface area (Å²) >= 11 is 3.25. The molecular formula is C17H28BrN3O3S. The maximum atomic E-state index is 12.1. The summed E-state index contributed by atoms with van der Waals surface area (Å²) in [5.41, 5.74) is 0. The van der Waals surface area contributed by atoms with Crippen molar-refractivity contribution in [1.82, 2.24) is 14.9 Å². The maximum Gasteiger partial charge on any atom is 0.240 e. The van der Waals surface area contributed by atoms with Crippen LogP contribution in [0, 0.1) is 0 Å². The summed E-state index contributed by atoms with van der Waals surface area (Å²) in [5, 5.41) is 2.84. The van der Waals surface area contributed by atoms with Crippen molar-refractivity contribution in [2.75, 3.05) is 19.6 Å². The van der Waals surface area contributed by atoms with Crippen molar-refractivity contribution in [3.8, 4) is 0 Å². The van der Waals surface area contributed by atoms with Gasteiger partial charge in [0.1, 0.15) is 0 Å². The topological polar surface area (TPSA) is 78.5 Å². The molecule has 0 unspecified atom stereocenters. The monoisotopic (exact) mass is 433 g/mol. The fourth-order valence-electron chi connectivity index (χ4n) is 2.54. The Balaban J connectivity index is 2.37. The van der Waals surface area contributed by atoms with Gasteiger partial charge in [0, 0.05) is 42.6 Å². The number of hydrogen-bond donors (Lipinski definition) is 2. The fraction of sp³-hybridized carbons (Fsp3) is 0.588. The number of nitrogens with zero attached hydrogens (tertiary/aromatic N) is 1.